The van der Waals surface area contributed by atoms with Gasteiger partial charge in [-0.15, -0.1) is 0 Å². The van der Waals surface area contributed by atoms with Crippen LogP contribution in [-0.4, -0.2) is 4.98 Å². The van der Waals surface area contributed by atoms with Crippen molar-refractivity contribution in [3.63, 3.8) is 0 Å². The lowest BCUT2D eigenvalue weighted by Crippen LogP contribution is -1.91. The number of nitrogens with one attached hydrogen (secondary N) is 1. The van der Waals surface area contributed by atoms with Crippen LogP contribution in [-0.2, 0) is 0 Å². The summed E-state index contributed by atoms with van der Waals surface area (Å²) in [5, 5.41) is 12.7. The third kappa shape index (κ3) is 3.90. The Hall–Kier alpha value is -6.18. The van der Waals surface area contributed by atoms with Crippen molar-refractivity contribution in [2.45, 2.75) is 0 Å². The second kappa shape index (κ2) is 10.2. The van der Waals surface area contributed by atoms with Gasteiger partial charge in [0.15, 0.2) is 0 Å². The van der Waals surface area contributed by atoms with E-state index in [-0.39, 0.29) is 0 Å². The highest BCUT2D eigenvalue weighted by Crippen LogP contribution is 2.46. The smallest absolute Gasteiger partial charge is 0.0551 e. The Kier molecular flexibility index (Phi) is 5.64. The Bertz CT molecular complexity index is 2780. The molecule has 0 aliphatic rings. The van der Waals surface area contributed by atoms with Crippen LogP contribution in [0.15, 0.2) is 170 Å². The number of fused-ring (bicyclic) bond motifs is 10. The number of hydrogen-bond donors (Lipinski definition) is 1. The Balaban J connectivity index is 1.28. The number of aromatic amines is 1. The first-order chi connectivity index (χ1) is 23.3. The maximum Gasteiger partial charge on any atom is 0.0551 e. The van der Waals surface area contributed by atoms with Gasteiger partial charge in [0.1, 0.15) is 0 Å². The molecule has 0 aliphatic carbocycles. The number of benzene rings is 9. The van der Waals surface area contributed by atoms with Crippen LogP contribution >= 0.6 is 0 Å². The van der Waals surface area contributed by atoms with E-state index >= 15 is 0 Å². The summed E-state index contributed by atoms with van der Waals surface area (Å²) in [6.07, 6.45) is 0. The highest BCUT2D eigenvalue weighted by atomic mass is 14.7. The van der Waals surface area contributed by atoms with Crippen LogP contribution in [0.2, 0.25) is 0 Å². The van der Waals surface area contributed by atoms with Crippen molar-refractivity contribution < 1.29 is 0 Å². The molecule has 0 fully saturated rings. The monoisotopic (exact) mass is 595 g/mol. The van der Waals surface area contributed by atoms with Gasteiger partial charge in [0.2, 0.25) is 0 Å². The molecule has 0 unspecified atom stereocenters. The van der Waals surface area contributed by atoms with Crippen molar-refractivity contribution in [2.75, 3.05) is 0 Å². The van der Waals surface area contributed by atoms with E-state index in [0.717, 1.165) is 5.52 Å². The van der Waals surface area contributed by atoms with E-state index in [4.69, 9.17) is 0 Å². The predicted molar refractivity (Wildman–Crippen MR) is 202 cm³/mol. The topological polar surface area (TPSA) is 15.8 Å². The normalized spacial score (nSPS) is 11.8. The van der Waals surface area contributed by atoms with E-state index in [2.05, 4.69) is 175 Å². The molecule has 47 heavy (non-hydrogen) atoms. The molecule has 218 valence electrons. The molecule has 9 aromatic carbocycles. The van der Waals surface area contributed by atoms with Gasteiger partial charge in [-0.1, -0.05) is 152 Å². The molecule has 0 saturated heterocycles. The van der Waals surface area contributed by atoms with Gasteiger partial charge in [-0.3, -0.25) is 0 Å². The summed E-state index contributed by atoms with van der Waals surface area (Å²) in [6, 6.07) is 62.1. The maximum absolute atomic E-state index is 3.82. The summed E-state index contributed by atoms with van der Waals surface area (Å²) in [5.74, 6) is 0. The Labute approximate surface area is 272 Å². The summed E-state index contributed by atoms with van der Waals surface area (Å²) in [6.45, 7) is 0. The number of rotatable bonds is 3. The second-order valence-electron chi connectivity index (χ2n) is 12.5. The molecule has 0 aliphatic heterocycles. The van der Waals surface area contributed by atoms with Gasteiger partial charge in [0, 0.05) is 21.7 Å². The van der Waals surface area contributed by atoms with Crippen LogP contribution in [0, 0.1) is 0 Å². The molecule has 0 atom stereocenters. The third-order valence-electron chi connectivity index (χ3n) is 9.96. The molecule has 1 N–H and O–H groups in total. The lowest BCUT2D eigenvalue weighted by molar-refractivity contribution is 1.56. The minimum atomic E-state index is 1.16. The van der Waals surface area contributed by atoms with Crippen molar-refractivity contribution in [3.05, 3.63) is 170 Å². The molecule has 1 nitrogen and oxygen atoms in total. The Morgan fingerprint density at radius 1 is 0.277 bits per heavy atom. The maximum atomic E-state index is 3.82. The molecule has 0 saturated carbocycles. The lowest BCUT2D eigenvalue weighted by Gasteiger charge is -2.18. The quantitative estimate of drug-likeness (QED) is 0.154. The van der Waals surface area contributed by atoms with Crippen LogP contribution < -0.4 is 0 Å². The van der Waals surface area contributed by atoms with Crippen LogP contribution in [0.25, 0.3) is 98.3 Å². The fourth-order valence-corrected chi connectivity index (χ4v) is 7.94. The SMILES string of the molecule is c1ccc(-c2cccc(-c3c4ccccc4c(-c4ccc5[nH]c6c7ccccc7c7ccccc7c6c5c4)c4ccccc34)c2)cc1. The molecule has 1 aromatic heterocycles. The van der Waals surface area contributed by atoms with Gasteiger partial charge in [0.25, 0.3) is 0 Å². The number of aromatic nitrogens is 1. The van der Waals surface area contributed by atoms with Gasteiger partial charge in [-0.25, -0.2) is 0 Å². The predicted octanol–water partition coefficient (Wildman–Crippen LogP) is 12.9. The highest BCUT2D eigenvalue weighted by molar-refractivity contribution is 6.32. The van der Waals surface area contributed by atoms with Gasteiger partial charge < -0.3 is 4.98 Å². The molecular formula is C46H29N. The van der Waals surface area contributed by atoms with Gasteiger partial charge >= 0.3 is 0 Å². The zero-order valence-electron chi connectivity index (χ0n) is 25.7. The van der Waals surface area contributed by atoms with Crippen LogP contribution in [0.5, 0.6) is 0 Å². The summed E-state index contributed by atoms with van der Waals surface area (Å²) in [4.78, 5) is 3.82. The Morgan fingerprint density at radius 2 is 0.745 bits per heavy atom. The minimum Gasteiger partial charge on any atom is -0.354 e. The highest BCUT2D eigenvalue weighted by Gasteiger charge is 2.19. The first-order valence-corrected chi connectivity index (χ1v) is 16.3. The summed E-state index contributed by atoms with van der Waals surface area (Å²) in [7, 11) is 0. The van der Waals surface area contributed by atoms with Crippen molar-refractivity contribution in [2.24, 2.45) is 0 Å². The second-order valence-corrected chi connectivity index (χ2v) is 12.5. The number of H-pyrrole nitrogens is 1. The van der Waals surface area contributed by atoms with Gasteiger partial charge in [-0.05, 0) is 89.3 Å². The van der Waals surface area contributed by atoms with Crippen molar-refractivity contribution in [3.8, 4) is 33.4 Å². The van der Waals surface area contributed by atoms with Gasteiger partial charge in [0.05, 0.1) is 5.52 Å². The minimum absolute atomic E-state index is 1.16. The fraction of sp³-hybridized carbons (Fsp3) is 0. The van der Waals surface area contributed by atoms with E-state index in [9.17, 15) is 0 Å². The van der Waals surface area contributed by atoms with E-state index in [1.807, 2.05) is 0 Å². The molecule has 0 bridgehead atoms. The molecular weight excluding hydrogens is 567 g/mol. The first kappa shape index (κ1) is 26.1. The molecule has 0 spiro atoms. The molecule has 0 amide bonds. The third-order valence-corrected chi connectivity index (χ3v) is 9.96. The van der Waals surface area contributed by atoms with Crippen LogP contribution in [0.3, 0.4) is 0 Å². The van der Waals surface area contributed by atoms with E-state index in [1.165, 1.54) is 92.8 Å². The summed E-state index contributed by atoms with van der Waals surface area (Å²) < 4.78 is 0. The number of hydrogen-bond acceptors (Lipinski definition) is 0. The summed E-state index contributed by atoms with van der Waals surface area (Å²) in [5.41, 5.74) is 9.84. The van der Waals surface area contributed by atoms with E-state index < -0.39 is 0 Å². The van der Waals surface area contributed by atoms with E-state index in [0.29, 0.717) is 0 Å². The molecule has 10 rings (SSSR count). The van der Waals surface area contributed by atoms with Crippen molar-refractivity contribution >= 4 is 64.9 Å². The van der Waals surface area contributed by atoms with Crippen molar-refractivity contribution in [1.29, 1.82) is 0 Å². The van der Waals surface area contributed by atoms with Crippen LogP contribution in [0.4, 0.5) is 0 Å². The lowest BCUT2D eigenvalue weighted by atomic mass is 9.85. The average molecular weight is 596 g/mol. The molecule has 10 aromatic rings. The zero-order valence-corrected chi connectivity index (χ0v) is 25.7. The molecule has 0 radical (unpaired) electrons. The largest absolute Gasteiger partial charge is 0.354 e. The first-order valence-electron chi connectivity index (χ1n) is 16.3. The summed E-state index contributed by atoms with van der Waals surface area (Å²) >= 11 is 0. The standard InChI is InChI=1S/C46H29N/c1-2-13-29(14-3-1)30-15-12-16-31(27-30)43-36-20-7-9-22-38(36)44(39-23-10-8-21-37(39)43)32-25-26-42-41(28-32)45-35-19-6-4-17-33(35)34-18-5-11-24-40(34)46(45)47-42/h1-28,47H. The van der Waals surface area contributed by atoms with E-state index in [1.54, 1.807) is 0 Å². The fourth-order valence-electron chi connectivity index (χ4n) is 7.94. The van der Waals surface area contributed by atoms with Crippen LogP contribution in [0.1, 0.15) is 0 Å². The Morgan fingerprint density at radius 3 is 1.38 bits per heavy atom. The molecule has 1 heteroatoms. The average Bonchev–Trinajstić information content (AvgIpc) is 3.54. The van der Waals surface area contributed by atoms with Gasteiger partial charge in [-0.2, -0.15) is 0 Å². The molecule has 1 heterocycles. The van der Waals surface area contributed by atoms with Crippen molar-refractivity contribution in [1.82, 2.24) is 4.98 Å². The zero-order chi connectivity index (χ0) is 30.9.